The van der Waals surface area contributed by atoms with Crippen molar-refractivity contribution < 1.29 is 4.92 Å². The summed E-state index contributed by atoms with van der Waals surface area (Å²) in [4.78, 5) is 12.8. The number of rotatable bonds is 4. The van der Waals surface area contributed by atoms with E-state index in [-0.39, 0.29) is 5.69 Å². The van der Waals surface area contributed by atoms with E-state index >= 15 is 0 Å². The number of non-ortho nitro benzene ring substituents is 1. The fourth-order valence-corrected chi connectivity index (χ4v) is 3.73. The van der Waals surface area contributed by atoms with Crippen molar-refractivity contribution in [3.63, 3.8) is 0 Å². The van der Waals surface area contributed by atoms with Crippen molar-refractivity contribution in [2.24, 2.45) is 5.10 Å². The van der Waals surface area contributed by atoms with Gasteiger partial charge in [-0.15, -0.1) is 0 Å². The molecule has 0 radical (unpaired) electrons. The maximum absolute atomic E-state index is 10.9. The van der Waals surface area contributed by atoms with Gasteiger partial charge in [0.2, 0.25) is 0 Å². The highest BCUT2D eigenvalue weighted by Gasteiger charge is 2.15. The molecule has 0 spiro atoms. The number of benzene rings is 3. The van der Waals surface area contributed by atoms with Gasteiger partial charge < -0.3 is 5.32 Å². The Labute approximate surface area is 160 Å². The minimum Gasteiger partial charge on any atom is -0.354 e. The molecule has 0 aromatic heterocycles. The van der Waals surface area contributed by atoms with Crippen LogP contribution in [-0.2, 0) is 0 Å². The summed E-state index contributed by atoms with van der Waals surface area (Å²) in [5.41, 5.74) is 7.39. The SMILES string of the molecule is C/C(=N\Nc1cccc([N+](=O)[O-])c1)c1ccc2c(c1)Nc1ccccc1S2. The first-order valence-corrected chi connectivity index (χ1v) is 9.15. The lowest BCUT2D eigenvalue weighted by Gasteiger charge is -2.21. The van der Waals surface area contributed by atoms with Crippen LogP contribution in [0.1, 0.15) is 12.5 Å². The average Bonchev–Trinajstić information content (AvgIpc) is 2.70. The Kier molecular flexibility index (Phi) is 4.52. The van der Waals surface area contributed by atoms with Gasteiger partial charge in [0.15, 0.2) is 0 Å². The van der Waals surface area contributed by atoms with Gasteiger partial charge in [0.05, 0.1) is 27.7 Å². The number of nitrogens with one attached hydrogen (secondary N) is 2. The Morgan fingerprint density at radius 3 is 2.70 bits per heavy atom. The van der Waals surface area contributed by atoms with Crippen molar-refractivity contribution in [1.82, 2.24) is 0 Å². The van der Waals surface area contributed by atoms with E-state index in [2.05, 4.69) is 40.1 Å². The predicted octanol–water partition coefficient (Wildman–Crippen LogP) is 5.64. The standard InChI is InChI=1S/C20H16N4O2S/c1-13(22-23-15-5-4-6-16(12-15)24(25)26)14-9-10-20-18(11-14)21-17-7-2-3-8-19(17)27-20/h2-12,21,23H,1H3/b22-13+. The molecule has 1 aliphatic rings. The zero-order valence-electron chi connectivity index (χ0n) is 14.5. The summed E-state index contributed by atoms with van der Waals surface area (Å²) in [6.07, 6.45) is 0. The van der Waals surface area contributed by atoms with Crippen LogP contribution in [0.2, 0.25) is 0 Å². The Balaban J connectivity index is 1.55. The lowest BCUT2D eigenvalue weighted by atomic mass is 10.1. The van der Waals surface area contributed by atoms with Gasteiger partial charge in [0.1, 0.15) is 0 Å². The van der Waals surface area contributed by atoms with E-state index in [1.54, 1.807) is 23.9 Å². The van der Waals surface area contributed by atoms with Gasteiger partial charge in [0.25, 0.3) is 5.69 Å². The molecule has 134 valence electrons. The quantitative estimate of drug-likeness (QED) is 0.274. The van der Waals surface area contributed by atoms with Gasteiger partial charge >= 0.3 is 0 Å². The number of anilines is 3. The normalized spacial score (nSPS) is 12.6. The summed E-state index contributed by atoms with van der Waals surface area (Å²) in [6.45, 7) is 1.90. The lowest BCUT2D eigenvalue weighted by molar-refractivity contribution is -0.384. The number of fused-ring (bicyclic) bond motifs is 2. The summed E-state index contributed by atoms with van der Waals surface area (Å²) < 4.78 is 0. The summed E-state index contributed by atoms with van der Waals surface area (Å²) in [5.74, 6) is 0. The molecule has 1 heterocycles. The van der Waals surface area contributed by atoms with Crippen molar-refractivity contribution in [2.45, 2.75) is 16.7 Å². The minimum absolute atomic E-state index is 0.0292. The van der Waals surface area contributed by atoms with Crippen molar-refractivity contribution in [1.29, 1.82) is 0 Å². The van der Waals surface area contributed by atoms with E-state index in [0.717, 1.165) is 27.5 Å². The highest BCUT2D eigenvalue weighted by Crippen LogP contribution is 2.44. The molecule has 0 bridgehead atoms. The van der Waals surface area contributed by atoms with Gasteiger partial charge in [-0.25, -0.2) is 0 Å². The van der Waals surface area contributed by atoms with Gasteiger partial charge in [-0.3, -0.25) is 15.5 Å². The van der Waals surface area contributed by atoms with Crippen LogP contribution < -0.4 is 10.7 Å². The molecule has 0 saturated carbocycles. The molecule has 3 aromatic rings. The van der Waals surface area contributed by atoms with E-state index in [0.29, 0.717) is 5.69 Å². The first-order valence-electron chi connectivity index (χ1n) is 8.33. The van der Waals surface area contributed by atoms with Crippen molar-refractivity contribution in [2.75, 3.05) is 10.7 Å². The van der Waals surface area contributed by atoms with Crippen LogP contribution >= 0.6 is 11.8 Å². The number of nitro benzene ring substituents is 1. The molecule has 0 saturated heterocycles. The second kappa shape index (κ2) is 7.13. The van der Waals surface area contributed by atoms with Crippen LogP contribution in [0.15, 0.2) is 81.6 Å². The summed E-state index contributed by atoms with van der Waals surface area (Å²) in [7, 11) is 0. The Morgan fingerprint density at radius 2 is 1.85 bits per heavy atom. The Bertz CT molecular complexity index is 1070. The fraction of sp³-hybridized carbons (Fsp3) is 0.0500. The topological polar surface area (TPSA) is 79.6 Å². The molecule has 0 aliphatic carbocycles. The molecular weight excluding hydrogens is 360 g/mol. The molecule has 3 aromatic carbocycles. The largest absolute Gasteiger partial charge is 0.354 e. The molecule has 7 heteroatoms. The van der Waals surface area contributed by atoms with Crippen molar-refractivity contribution >= 4 is 40.2 Å². The third-order valence-corrected chi connectivity index (χ3v) is 5.34. The third kappa shape index (κ3) is 3.63. The molecular formula is C20H16N4O2S. The number of hydrogen-bond acceptors (Lipinski definition) is 6. The van der Waals surface area contributed by atoms with Gasteiger partial charge in [-0.2, -0.15) is 5.10 Å². The van der Waals surface area contributed by atoms with E-state index in [4.69, 9.17) is 0 Å². The number of hydrazone groups is 1. The number of para-hydroxylation sites is 1. The maximum atomic E-state index is 10.9. The van der Waals surface area contributed by atoms with Crippen LogP contribution in [0.3, 0.4) is 0 Å². The zero-order chi connectivity index (χ0) is 18.8. The molecule has 27 heavy (non-hydrogen) atoms. The first kappa shape index (κ1) is 17.1. The van der Waals surface area contributed by atoms with Gasteiger partial charge in [0, 0.05) is 21.9 Å². The predicted molar refractivity (Wildman–Crippen MR) is 109 cm³/mol. The number of nitrogens with zero attached hydrogens (tertiary/aromatic N) is 2. The number of hydrogen-bond donors (Lipinski definition) is 2. The van der Waals surface area contributed by atoms with E-state index < -0.39 is 4.92 Å². The molecule has 0 unspecified atom stereocenters. The molecule has 6 nitrogen and oxygen atoms in total. The average molecular weight is 376 g/mol. The van der Waals surface area contributed by atoms with Crippen molar-refractivity contribution in [3.8, 4) is 0 Å². The second-order valence-corrected chi connectivity index (χ2v) is 7.13. The van der Waals surface area contributed by atoms with Crippen LogP contribution in [0.5, 0.6) is 0 Å². The minimum atomic E-state index is -0.424. The highest BCUT2D eigenvalue weighted by atomic mass is 32.2. The molecule has 0 amide bonds. The molecule has 0 fully saturated rings. The summed E-state index contributed by atoms with van der Waals surface area (Å²) in [5, 5.41) is 18.7. The molecule has 0 atom stereocenters. The third-order valence-electron chi connectivity index (χ3n) is 4.18. The highest BCUT2D eigenvalue weighted by molar-refractivity contribution is 7.99. The molecule has 4 rings (SSSR count). The number of nitro groups is 1. The van der Waals surface area contributed by atoms with Crippen molar-refractivity contribution in [3.05, 3.63) is 82.4 Å². The van der Waals surface area contributed by atoms with E-state index in [9.17, 15) is 10.1 Å². The fourth-order valence-electron chi connectivity index (χ4n) is 2.77. The van der Waals surface area contributed by atoms with Crippen LogP contribution in [-0.4, -0.2) is 10.6 Å². The monoisotopic (exact) mass is 376 g/mol. The summed E-state index contributed by atoms with van der Waals surface area (Å²) >= 11 is 1.74. The molecule has 1 aliphatic heterocycles. The summed E-state index contributed by atoms with van der Waals surface area (Å²) in [6, 6.07) is 20.6. The Hall–Kier alpha value is -3.32. The van der Waals surface area contributed by atoms with E-state index in [1.165, 1.54) is 17.0 Å². The maximum Gasteiger partial charge on any atom is 0.271 e. The smallest absolute Gasteiger partial charge is 0.271 e. The molecule has 2 N–H and O–H groups in total. The lowest BCUT2D eigenvalue weighted by Crippen LogP contribution is -2.04. The van der Waals surface area contributed by atoms with Gasteiger partial charge in [-0.1, -0.05) is 36.0 Å². The van der Waals surface area contributed by atoms with E-state index in [1.807, 2.05) is 25.1 Å². The first-order chi connectivity index (χ1) is 13.1. The van der Waals surface area contributed by atoms with Crippen LogP contribution in [0.4, 0.5) is 22.7 Å². The second-order valence-electron chi connectivity index (χ2n) is 6.05. The Morgan fingerprint density at radius 1 is 1.04 bits per heavy atom. The van der Waals surface area contributed by atoms with Crippen LogP contribution in [0, 0.1) is 10.1 Å². The zero-order valence-corrected chi connectivity index (χ0v) is 15.3. The van der Waals surface area contributed by atoms with Crippen LogP contribution in [0.25, 0.3) is 0 Å². The van der Waals surface area contributed by atoms with Gasteiger partial charge in [-0.05, 0) is 42.8 Å².